The van der Waals surface area contributed by atoms with E-state index in [2.05, 4.69) is 16.9 Å². The van der Waals surface area contributed by atoms with Gasteiger partial charge in [0.05, 0.1) is 11.8 Å². The number of nitrogens with two attached hydrogens (primary N) is 1. The summed E-state index contributed by atoms with van der Waals surface area (Å²) in [5.41, 5.74) is 6.13. The van der Waals surface area contributed by atoms with Crippen LogP contribution in [0.25, 0.3) is 0 Å². The zero-order valence-corrected chi connectivity index (χ0v) is 10.7. The van der Waals surface area contributed by atoms with E-state index in [1.165, 1.54) is 12.8 Å². The highest BCUT2D eigenvalue weighted by Gasteiger charge is 2.20. The van der Waals surface area contributed by atoms with Crippen LogP contribution in [0.3, 0.4) is 0 Å². The van der Waals surface area contributed by atoms with Gasteiger partial charge in [-0.15, -0.1) is 0 Å². The summed E-state index contributed by atoms with van der Waals surface area (Å²) in [7, 11) is 2.13. The zero-order chi connectivity index (χ0) is 13.0. The molecule has 1 aromatic heterocycles. The maximum absolute atomic E-state index is 7.50. The van der Waals surface area contributed by atoms with E-state index in [0.29, 0.717) is 24.0 Å². The molecule has 0 aliphatic carbocycles. The number of amidine groups is 1. The van der Waals surface area contributed by atoms with E-state index in [0.717, 1.165) is 13.0 Å². The van der Waals surface area contributed by atoms with Gasteiger partial charge in [0, 0.05) is 12.2 Å². The second kappa shape index (κ2) is 5.82. The molecule has 98 valence electrons. The van der Waals surface area contributed by atoms with Crippen LogP contribution in [0.15, 0.2) is 18.5 Å². The van der Waals surface area contributed by atoms with Crippen molar-refractivity contribution in [1.29, 1.82) is 5.41 Å². The summed E-state index contributed by atoms with van der Waals surface area (Å²) < 4.78 is 5.78. The van der Waals surface area contributed by atoms with E-state index in [1.54, 1.807) is 18.5 Å². The first-order valence-electron chi connectivity index (χ1n) is 6.30. The Balaban J connectivity index is 1.99. The van der Waals surface area contributed by atoms with Crippen LogP contribution in [0.4, 0.5) is 0 Å². The Labute approximate surface area is 107 Å². The minimum atomic E-state index is 0.0180. The van der Waals surface area contributed by atoms with Gasteiger partial charge in [0.25, 0.3) is 0 Å². The minimum Gasteiger partial charge on any atom is -0.490 e. The van der Waals surface area contributed by atoms with Gasteiger partial charge in [0.15, 0.2) is 0 Å². The predicted octanol–water partition coefficient (Wildman–Crippen LogP) is 1.23. The Kier molecular flexibility index (Phi) is 4.15. The van der Waals surface area contributed by atoms with Gasteiger partial charge in [-0.2, -0.15) is 0 Å². The van der Waals surface area contributed by atoms with E-state index in [-0.39, 0.29) is 5.84 Å². The van der Waals surface area contributed by atoms with Crippen molar-refractivity contribution in [2.75, 3.05) is 20.2 Å². The van der Waals surface area contributed by atoms with Gasteiger partial charge in [-0.05, 0) is 32.5 Å². The molecule has 2 heterocycles. The molecule has 0 amide bonds. The molecule has 0 saturated carbocycles. The standard InChI is InChI=1S/C13H20N4O/c1-17-7-3-2-4-10(17)9-18-12-8-16-6-5-11(12)13(14)15/h5-6,8,10H,2-4,7,9H2,1H3,(H3,14,15). The van der Waals surface area contributed by atoms with Crippen molar-refractivity contribution in [1.82, 2.24) is 9.88 Å². The zero-order valence-electron chi connectivity index (χ0n) is 10.7. The maximum atomic E-state index is 7.50. The number of likely N-dealkylation sites (tertiary alicyclic amines) is 1. The lowest BCUT2D eigenvalue weighted by molar-refractivity contribution is 0.125. The molecule has 1 fully saturated rings. The first-order valence-corrected chi connectivity index (χ1v) is 6.30. The van der Waals surface area contributed by atoms with E-state index in [9.17, 15) is 0 Å². The molecule has 0 radical (unpaired) electrons. The summed E-state index contributed by atoms with van der Waals surface area (Å²) in [6.45, 7) is 1.75. The predicted molar refractivity (Wildman–Crippen MR) is 71.0 cm³/mol. The number of rotatable bonds is 4. The summed E-state index contributed by atoms with van der Waals surface area (Å²) >= 11 is 0. The van der Waals surface area contributed by atoms with E-state index >= 15 is 0 Å². The van der Waals surface area contributed by atoms with Crippen molar-refractivity contribution < 1.29 is 4.74 Å². The van der Waals surface area contributed by atoms with E-state index in [1.807, 2.05) is 0 Å². The number of pyridine rings is 1. The van der Waals surface area contributed by atoms with Crippen molar-refractivity contribution in [2.45, 2.75) is 25.3 Å². The molecule has 0 spiro atoms. The molecule has 1 unspecified atom stereocenters. The van der Waals surface area contributed by atoms with Gasteiger partial charge >= 0.3 is 0 Å². The molecule has 2 rings (SSSR count). The Morgan fingerprint density at radius 3 is 3.17 bits per heavy atom. The van der Waals surface area contributed by atoms with Crippen LogP contribution < -0.4 is 10.5 Å². The van der Waals surface area contributed by atoms with Gasteiger partial charge in [-0.1, -0.05) is 6.42 Å². The number of nitrogens with zero attached hydrogens (tertiary/aromatic N) is 2. The monoisotopic (exact) mass is 248 g/mol. The molecular weight excluding hydrogens is 228 g/mol. The van der Waals surface area contributed by atoms with Gasteiger partial charge in [-0.3, -0.25) is 10.4 Å². The van der Waals surface area contributed by atoms with Crippen molar-refractivity contribution in [3.63, 3.8) is 0 Å². The van der Waals surface area contributed by atoms with E-state index in [4.69, 9.17) is 15.9 Å². The quantitative estimate of drug-likeness (QED) is 0.620. The van der Waals surface area contributed by atoms with Crippen molar-refractivity contribution in [2.24, 2.45) is 5.73 Å². The second-order valence-electron chi connectivity index (χ2n) is 4.73. The van der Waals surface area contributed by atoms with Crippen LogP contribution in [-0.2, 0) is 0 Å². The number of hydrogen-bond donors (Lipinski definition) is 2. The number of likely N-dealkylation sites (N-methyl/N-ethyl adjacent to an activating group) is 1. The molecule has 5 heteroatoms. The number of hydrogen-bond acceptors (Lipinski definition) is 4. The summed E-state index contributed by atoms with van der Waals surface area (Å²) in [6.07, 6.45) is 6.92. The average molecular weight is 248 g/mol. The number of ether oxygens (including phenoxy) is 1. The molecule has 0 bridgehead atoms. The molecule has 3 N–H and O–H groups in total. The van der Waals surface area contributed by atoms with Crippen LogP contribution in [0.5, 0.6) is 5.75 Å². The highest BCUT2D eigenvalue weighted by atomic mass is 16.5. The molecule has 18 heavy (non-hydrogen) atoms. The van der Waals surface area contributed by atoms with E-state index < -0.39 is 0 Å². The highest BCUT2D eigenvalue weighted by molar-refractivity contribution is 5.97. The molecule has 1 atom stereocenters. The fraction of sp³-hybridized carbons (Fsp3) is 0.538. The summed E-state index contributed by atoms with van der Waals surface area (Å²) in [5, 5.41) is 7.50. The molecule has 1 aliphatic heterocycles. The Morgan fingerprint density at radius 2 is 2.44 bits per heavy atom. The molecule has 1 aromatic rings. The third-order valence-electron chi connectivity index (χ3n) is 3.43. The Hall–Kier alpha value is -1.62. The van der Waals surface area contributed by atoms with Crippen molar-refractivity contribution in [3.05, 3.63) is 24.0 Å². The van der Waals surface area contributed by atoms with Crippen molar-refractivity contribution in [3.8, 4) is 5.75 Å². The Bertz CT molecular complexity index is 421. The summed E-state index contributed by atoms with van der Waals surface area (Å²) in [5.74, 6) is 0.619. The first-order chi connectivity index (χ1) is 8.68. The molecular formula is C13H20N4O. The smallest absolute Gasteiger partial charge is 0.148 e. The SMILES string of the molecule is CN1CCCCC1COc1cnccc1C(=N)N. The normalized spacial score (nSPS) is 20.6. The van der Waals surface area contributed by atoms with Crippen LogP contribution >= 0.6 is 0 Å². The van der Waals surface area contributed by atoms with Crippen LogP contribution in [0.1, 0.15) is 24.8 Å². The average Bonchev–Trinajstić information content (AvgIpc) is 2.38. The molecule has 0 aromatic carbocycles. The fourth-order valence-electron chi connectivity index (χ4n) is 2.26. The fourth-order valence-corrected chi connectivity index (χ4v) is 2.26. The number of piperidine rings is 1. The first kappa shape index (κ1) is 12.8. The maximum Gasteiger partial charge on any atom is 0.148 e. The van der Waals surface area contributed by atoms with Gasteiger partial charge in [0.2, 0.25) is 0 Å². The third kappa shape index (κ3) is 2.98. The molecule has 1 aliphatic rings. The van der Waals surface area contributed by atoms with Crippen LogP contribution in [0, 0.1) is 5.41 Å². The minimum absolute atomic E-state index is 0.0180. The largest absolute Gasteiger partial charge is 0.490 e. The van der Waals surface area contributed by atoms with Crippen LogP contribution in [-0.4, -0.2) is 42.0 Å². The summed E-state index contributed by atoms with van der Waals surface area (Å²) in [4.78, 5) is 6.35. The van der Waals surface area contributed by atoms with Crippen LogP contribution in [0.2, 0.25) is 0 Å². The third-order valence-corrected chi connectivity index (χ3v) is 3.43. The van der Waals surface area contributed by atoms with Gasteiger partial charge in [0.1, 0.15) is 18.2 Å². The topological polar surface area (TPSA) is 75.2 Å². The number of nitrogens with one attached hydrogen (secondary N) is 1. The van der Waals surface area contributed by atoms with Crippen molar-refractivity contribution >= 4 is 5.84 Å². The molecule has 5 nitrogen and oxygen atoms in total. The highest BCUT2D eigenvalue weighted by Crippen LogP contribution is 2.19. The number of nitrogen functional groups attached to an aromatic ring is 1. The van der Waals surface area contributed by atoms with Gasteiger partial charge in [-0.25, -0.2) is 0 Å². The second-order valence-corrected chi connectivity index (χ2v) is 4.73. The Morgan fingerprint density at radius 1 is 1.61 bits per heavy atom. The van der Waals surface area contributed by atoms with Gasteiger partial charge < -0.3 is 15.4 Å². The number of aromatic nitrogens is 1. The lowest BCUT2D eigenvalue weighted by Crippen LogP contribution is -2.40. The molecule has 1 saturated heterocycles. The summed E-state index contributed by atoms with van der Waals surface area (Å²) in [6, 6.07) is 2.15. The lowest BCUT2D eigenvalue weighted by Gasteiger charge is -2.32. The lowest BCUT2D eigenvalue weighted by atomic mass is 10.0.